The highest BCUT2D eigenvalue weighted by Crippen LogP contribution is 2.11. The van der Waals surface area contributed by atoms with Gasteiger partial charge in [-0.15, -0.1) is 0 Å². The average molecular weight is 312 g/mol. The second-order valence-electron chi connectivity index (χ2n) is 5.03. The number of aliphatic hydroxyl groups is 1. The molecule has 0 aliphatic rings. The lowest BCUT2D eigenvalue weighted by molar-refractivity contribution is 0.387. The van der Waals surface area contributed by atoms with E-state index in [-0.39, 0.29) is 11.3 Å². The molecular formula is C19H24N2O2. The Morgan fingerprint density at radius 1 is 1.30 bits per heavy atom. The van der Waals surface area contributed by atoms with Crippen molar-refractivity contribution >= 4 is 11.8 Å². The first-order chi connectivity index (χ1) is 11.1. The molecule has 0 fully saturated rings. The van der Waals surface area contributed by atoms with E-state index in [9.17, 15) is 4.79 Å². The number of hydrogen-bond acceptors (Lipinski definition) is 3. The van der Waals surface area contributed by atoms with Gasteiger partial charge in [0, 0.05) is 30.9 Å². The van der Waals surface area contributed by atoms with Gasteiger partial charge in [-0.05, 0) is 42.7 Å². The monoisotopic (exact) mass is 312 g/mol. The fourth-order valence-electron chi connectivity index (χ4n) is 1.93. The third-order valence-corrected chi connectivity index (χ3v) is 3.24. The molecular weight excluding hydrogens is 288 g/mol. The smallest absolute Gasteiger partial charge is 0.255 e. The van der Waals surface area contributed by atoms with Crippen molar-refractivity contribution < 1.29 is 5.11 Å². The van der Waals surface area contributed by atoms with Crippen LogP contribution in [0.25, 0.3) is 6.08 Å². The quantitative estimate of drug-likeness (QED) is 0.702. The normalized spacial score (nSPS) is 9.43. The molecule has 2 aromatic rings. The van der Waals surface area contributed by atoms with E-state index in [1.54, 1.807) is 18.3 Å². The molecule has 0 saturated heterocycles. The Hall–Kier alpha value is -2.75. The Balaban J connectivity index is 0.000000253. The Morgan fingerprint density at radius 2 is 2.00 bits per heavy atom. The van der Waals surface area contributed by atoms with Crippen molar-refractivity contribution in [1.82, 2.24) is 4.98 Å². The van der Waals surface area contributed by atoms with E-state index in [0.717, 1.165) is 18.5 Å². The van der Waals surface area contributed by atoms with Crippen LogP contribution in [0.4, 0.5) is 5.69 Å². The number of anilines is 1. The number of allylic oxidation sites excluding steroid dienone is 1. The fourth-order valence-corrected chi connectivity index (χ4v) is 1.93. The summed E-state index contributed by atoms with van der Waals surface area (Å²) in [6, 6.07) is 11.8. The molecule has 2 rings (SSSR count). The van der Waals surface area contributed by atoms with Crippen LogP contribution in [-0.2, 0) is 6.42 Å². The van der Waals surface area contributed by atoms with Gasteiger partial charge >= 0.3 is 0 Å². The minimum atomic E-state index is -0.0903. The second kappa shape index (κ2) is 10.1. The van der Waals surface area contributed by atoms with Crippen LogP contribution in [0.2, 0.25) is 0 Å². The highest BCUT2D eigenvalue weighted by Gasteiger charge is 1.95. The molecule has 23 heavy (non-hydrogen) atoms. The summed E-state index contributed by atoms with van der Waals surface area (Å²) >= 11 is 0. The lowest BCUT2D eigenvalue weighted by Gasteiger charge is -2.03. The molecule has 0 aliphatic carbocycles. The van der Waals surface area contributed by atoms with Gasteiger partial charge in [0.1, 0.15) is 0 Å². The molecule has 0 saturated carbocycles. The van der Waals surface area contributed by atoms with Crippen molar-refractivity contribution in [1.29, 1.82) is 0 Å². The zero-order valence-electron chi connectivity index (χ0n) is 13.5. The summed E-state index contributed by atoms with van der Waals surface area (Å²) in [5.74, 6) is 0.275. The number of aromatic nitrogens is 1. The van der Waals surface area contributed by atoms with Crippen LogP contribution in [0.15, 0.2) is 66.3 Å². The molecule has 0 bridgehead atoms. The predicted octanol–water partition coefficient (Wildman–Crippen LogP) is 4.14. The summed E-state index contributed by atoms with van der Waals surface area (Å²) in [7, 11) is 1.91. The van der Waals surface area contributed by atoms with Crippen LogP contribution in [-0.4, -0.2) is 17.1 Å². The second-order valence-corrected chi connectivity index (χ2v) is 5.03. The average Bonchev–Trinajstić information content (AvgIpc) is 2.56. The number of pyridine rings is 1. The summed E-state index contributed by atoms with van der Waals surface area (Å²) < 4.78 is 0. The van der Waals surface area contributed by atoms with Gasteiger partial charge in [-0.1, -0.05) is 31.4 Å². The maximum absolute atomic E-state index is 10.7. The van der Waals surface area contributed by atoms with E-state index in [0.29, 0.717) is 12.0 Å². The first-order valence-electron chi connectivity index (χ1n) is 7.50. The van der Waals surface area contributed by atoms with E-state index in [2.05, 4.69) is 47.7 Å². The predicted molar refractivity (Wildman–Crippen MR) is 97.8 cm³/mol. The van der Waals surface area contributed by atoms with Crippen LogP contribution < -0.4 is 10.9 Å². The number of aromatic amines is 1. The van der Waals surface area contributed by atoms with Gasteiger partial charge in [0.25, 0.3) is 5.56 Å². The van der Waals surface area contributed by atoms with Crippen molar-refractivity contribution in [3.8, 4) is 0 Å². The van der Waals surface area contributed by atoms with Crippen LogP contribution in [0.1, 0.15) is 24.0 Å². The van der Waals surface area contributed by atoms with Crippen molar-refractivity contribution in [2.24, 2.45) is 0 Å². The van der Waals surface area contributed by atoms with Crippen molar-refractivity contribution in [2.75, 3.05) is 12.4 Å². The molecule has 0 amide bonds. The van der Waals surface area contributed by atoms with Gasteiger partial charge < -0.3 is 15.4 Å². The summed E-state index contributed by atoms with van der Waals surface area (Å²) in [5.41, 5.74) is 2.94. The molecule has 0 radical (unpaired) electrons. The summed E-state index contributed by atoms with van der Waals surface area (Å²) in [6.45, 7) is 6.93. The number of benzene rings is 1. The van der Waals surface area contributed by atoms with Gasteiger partial charge in [-0.3, -0.25) is 4.79 Å². The highest BCUT2D eigenvalue weighted by atomic mass is 16.3. The molecule has 1 aromatic heterocycles. The van der Waals surface area contributed by atoms with Crippen LogP contribution >= 0.6 is 0 Å². The first kappa shape index (κ1) is 18.3. The van der Waals surface area contributed by atoms with Gasteiger partial charge in [0.15, 0.2) is 0 Å². The zero-order chi connectivity index (χ0) is 17.1. The van der Waals surface area contributed by atoms with E-state index < -0.39 is 0 Å². The van der Waals surface area contributed by atoms with E-state index in [4.69, 9.17) is 5.11 Å². The van der Waals surface area contributed by atoms with Gasteiger partial charge in [-0.2, -0.15) is 0 Å². The minimum Gasteiger partial charge on any atom is -0.513 e. The Kier molecular flexibility index (Phi) is 8.00. The van der Waals surface area contributed by atoms with Crippen LogP contribution in [0.5, 0.6) is 0 Å². The Bertz CT molecular complexity index is 672. The van der Waals surface area contributed by atoms with E-state index in [1.165, 1.54) is 11.6 Å². The van der Waals surface area contributed by atoms with Gasteiger partial charge in [0.2, 0.25) is 0 Å². The SMILES string of the molecule is C=C(O)CCCc1ccc(NC)cc1.C=Cc1ccc[nH]c1=O. The lowest BCUT2D eigenvalue weighted by Crippen LogP contribution is -2.06. The first-order valence-corrected chi connectivity index (χ1v) is 7.50. The molecule has 0 aliphatic heterocycles. The molecule has 0 atom stereocenters. The lowest BCUT2D eigenvalue weighted by atomic mass is 10.1. The van der Waals surface area contributed by atoms with Crippen molar-refractivity contribution in [2.45, 2.75) is 19.3 Å². The molecule has 4 heteroatoms. The maximum Gasteiger partial charge on any atom is 0.255 e. The van der Waals surface area contributed by atoms with E-state index >= 15 is 0 Å². The Labute approximate surface area is 137 Å². The van der Waals surface area contributed by atoms with Gasteiger partial charge in [-0.25, -0.2) is 0 Å². The Morgan fingerprint density at radius 3 is 2.48 bits per heavy atom. The van der Waals surface area contributed by atoms with Crippen molar-refractivity contribution in [3.05, 3.63) is 83.0 Å². The molecule has 1 heterocycles. The molecule has 0 unspecified atom stereocenters. The summed E-state index contributed by atoms with van der Waals surface area (Å²) in [6.07, 6.45) is 5.75. The van der Waals surface area contributed by atoms with Crippen LogP contribution in [0, 0.1) is 0 Å². The minimum absolute atomic E-state index is 0.0903. The zero-order valence-corrected chi connectivity index (χ0v) is 13.5. The number of nitrogens with one attached hydrogen (secondary N) is 2. The third kappa shape index (κ3) is 7.18. The molecule has 3 N–H and O–H groups in total. The topological polar surface area (TPSA) is 65.1 Å². The summed E-state index contributed by atoms with van der Waals surface area (Å²) in [4.78, 5) is 13.2. The number of hydrogen-bond donors (Lipinski definition) is 3. The molecule has 1 aromatic carbocycles. The van der Waals surface area contributed by atoms with Crippen LogP contribution in [0.3, 0.4) is 0 Å². The van der Waals surface area contributed by atoms with Gasteiger partial charge in [0.05, 0.1) is 5.76 Å². The number of aliphatic hydroxyl groups excluding tert-OH is 1. The largest absolute Gasteiger partial charge is 0.513 e. The van der Waals surface area contributed by atoms with E-state index in [1.807, 2.05) is 7.05 Å². The number of aryl methyl sites for hydroxylation is 1. The molecule has 4 nitrogen and oxygen atoms in total. The molecule has 0 spiro atoms. The molecule has 122 valence electrons. The van der Waals surface area contributed by atoms with Crippen molar-refractivity contribution in [3.63, 3.8) is 0 Å². The highest BCUT2D eigenvalue weighted by molar-refractivity contribution is 5.44. The standard InChI is InChI=1S/C12H17NO.C7H7NO/c1-10(14)4-3-5-11-6-8-12(13-2)9-7-11;1-2-6-4-3-5-8-7(6)9/h6-9,13-14H,1,3-5H2,2H3;2-5H,1H2,(H,8,9). The maximum atomic E-state index is 10.7. The fraction of sp³-hybridized carbons (Fsp3) is 0.211. The third-order valence-electron chi connectivity index (χ3n) is 3.24. The number of rotatable bonds is 6. The number of H-pyrrole nitrogens is 1. The summed E-state index contributed by atoms with van der Waals surface area (Å²) in [5, 5.41) is 12.0.